The number of aryl methyl sites for hydroxylation is 1. The molecule has 0 bridgehead atoms. The van der Waals surface area contributed by atoms with E-state index in [-0.39, 0.29) is 5.91 Å². The molecule has 3 rings (SSSR count). The Morgan fingerprint density at radius 3 is 2.95 bits per heavy atom. The van der Waals surface area contributed by atoms with Crippen LogP contribution in [0.25, 0.3) is 10.9 Å². The first-order chi connectivity index (χ1) is 10.5. The van der Waals surface area contributed by atoms with E-state index >= 15 is 0 Å². The predicted octanol–water partition coefficient (Wildman–Crippen LogP) is 3.38. The summed E-state index contributed by atoms with van der Waals surface area (Å²) in [4.78, 5) is 12.7. The fourth-order valence-electron chi connectivity index (χ4n) is 3.60. The lowest BCUT2D eigenvalue weighted by molar-refractivity contribution is 0.0892. The highest BCUT2D eigenvalue weighted by molar-refractivity contribution is 6.07. The van der Waals surface area contributed by atoms with Gasteiger partial charge in [0.1, 0.15) is 5.54 Å². The Labute approximate surface area is 130 Å². The number of carbonyl (C=O) groups is 1. The van der Waals surface area contributed by atoms with Crippen molar-refractivity contribution in [3.63, 3.8) is 0 Å². The molecule has 1 aromatic heterocycles. The number of nitrogens with zero attached hydrogens (tertiary/aromatic N) is 2. The fourth-order valence-corrected chi connectivity index (χ4v) is 3.60. The van der Waals surface area contributed by atoms with Crippen LogP contribution in [0.5, 0.6) is 0 Å². The van der Waals surface area contributed by atoms with Crippen LogP contribution in [0.2, 0.25) is 0 Å². The van der Waals surface area contributed by atoms with Crippen LogP contribution in [0.3, 0.4) is 0 Å². The zero-order valence-corrected chi connectivity index (χ0v) is 13.1. The van der Waals surface area contributed by atoms with Gasteiger partial charge in [-0.3, -0.25) is 4.79 Å². The van der Waals surface area contributed by atoms with Gasteiger partial charge in [0.15, 0.2) is 0 Å². The van der Waals surface area contributed by atoms with E-state index in [2.05, 4.69) is 18.3 Å². The number of amides is 1. The zero-order valence-electron chi connectivity index (χ0n) is 13.1. The summed E-state index contributed by atoms with van der Waals surface area (Å²) >= 11 is 0. The second-order valence-electron chi connectivity index (χ2n) is 6.52. The number of carbonyl (C=O) groups excluding carboxylic acids is 1. The molecule has 1 saturated carbocycles. The molecule has 1 fully saturated rings. The van der Waals surface area contributed by atoms with Crippen molar-refractivity contribution in [2.45, 2.75) is 38.1 Å². The van der Waals surface area contributed by atoms with Gasteiger partial charge in [0, 0.05) is 24.1 Å². The summed E-state index contributed by atoms with van der Waals surface area (Å²) in [5, 5.41) is 13.6. The van der Waals surface area contributed by atoms with Crippen LogP contribution in [0.15, 0.2) is 30.5 Å². The SMILES string of the molecule is CC1CCCC(C#N)(NC(=O)c2cn(C)c3ccccc23)C1. The van der Waals surface area contributed by atoms with Gasteiger partial charge in [-0.1, -0.05) is 31.5 Å². The molecular formula is C18H21N3O. The third-order valence-corrected chi connectivity index (χ3v) is 4.71. The average Bonchev–Trinajstić information content (AvgIpc) is 2.85. The number of benzene rings is 1. The van der Waals surface area contributed by atoms with E-state index in [9.17, 15) is 10.1 Å². The van der Waals surface area contributed by atoms with Crippen LogP contribution in [0.4, 0.5) is 0 Å². The van der Waals surface area contributed by atoms with Gasteiger partial charge in [0.2, 0.25) is 0 Å². The van der Waals surface area contributed by atoms with E-state index in [1.165, 1.54) is 0 Å². The molecule has 2 unspecified atom stereocenters. The summed E-state index contributed by atoms with van der Waals surface area (Å²) in [5.74, 6) is 0.327. The maximum atomic E-state index is 12.7. The lowest BCUT2D eigenvalue weighted by atomic mass is 9.77. The quantitative estimate of drug-likeness (QED) is 0.923. The minimum Gasteiger partial charge on any atom is -0.350 e. The maximum Gasteiger partial charge on any atom is 0.254 e. The van der Waals surface area contributed by atoms with Crippen LogP contribution in [-0.2, 0) is 7.05 Å². The first-order valence-electron chi connectivity index (χ1n) is 7.82. The van der Waals surface area contributed by atoms with Crippen LogP contribution in [0, 0.1) is 17.2 Å². The molecule has 22 heavy (non-hydrogen) atoms. The monoisotopic (exact) mass is 295 g/mol. The molecule has 0 radical (unpaired) electrons. The summed E-state index contributed by atoms with van der Waals surface area (Å²) in [6.45, 7) is 2.15. The number of nitriles is 1. The van der Waals surface area contributed by atoms with Gasteiger partial charge >= 0.3 is 0 Å². The highest BCUT2D eigenvalue weighted by atomic mass is 16.1. The minimum absolute atomic E-state index is 0.146. The van der Waals surface area contributed by atoms with E-state index in [0.29, 0.717) is 11.5 Å². The van der Waals surface area contributed by atoms with E-state index < -0.39 is 5.54 Å². The highest BCUT2D eigenvalue weighted by Crippen LogP contribution is 2.32. The summed E-state index contributed by atoms with van der Waals surface area (Å²) in [6.07, 6.45) is 5.44. The standard InChI is InChI=1S/C18H21N3O/c1-13-6-5-9-18(10-13,12-19)20-17(22)15-11-21(2)16-8-4-3-7-14(15)16/h3-4,7-8,11,13H,5-6,9-10H2,1-2H3,(H,20,22). The normalized spacial score (nSPS) is 24.9. The van der Waals surface area contributed by atoms with Gasteiger partial charge < -0.3 is 9.88 Å². The minimum atomic E-state index is -0.717. The summed E-state index contributed by atoms with van der Waals surface area (Å²) in [7, 11) is 1.93. The maximum absolute atomic E-state index is 12.7. The van der Waals surface area contributed by atoms with E-state index in [1.807, 2.05) is 42.1 Å². The summed E-state index contributed by atoms with van der Waals surface area (Å²) in [5.41, 5.74) is 0.952. The molecule has 2 aromatic rings. The molecule has 1 amide bonds. The van der Waals surface area contributed by atoms with Gasteiger partial charge in [-0.25, -0.2) is 0 Å². The second kappa shape index (κ2) is 5.49. The smallest absolute Gasteiger partial charge is 0.254 e. The van der Waals surface area contributed by atoms with Crippen LogP contribution < -0.4 is 5.32 Å². The van der Waals surface area contributed by atoms with Crippen LogP contribution in [0.1, 0.15) is 43.0 Å². The van der Waals surface area contributed by atoms with Gasteiger partial charge in [-0.15, -0.1) is 0 Å². The van der Waals surface area contributed by atoms with Crippen molar-refractivity contribution in [1.82, 2.24) is 9.88 Å². The Bertz CT molecular complexity index is 755. The van der Waals surface area contributed by atoms with Crippen molar-refractivity contribution < 1.29 is 4.79 Å². The second-order valence-corrected chi connectivity index (χ2v) is 6.52. The van der Waals surface area contributed by atoms with Gasteiger partial charge in [-0.2, -0.15) is 5.26 Å². The Kier molecular flexibility index (Phi) is 3.66. The topological polar surface area (TPSA) is 57.8 Å². The van der Waals surface area contributed by atoms with Crippen molar-refractivity contribution >= 4 is 16.8 Å². The summed E-state index contributed by atoms with van der Waals surface area (Å²) < 4.78 is 1.95. The van der Waals surface area contributed by atoms with Gasteiger partial charge in [-0.05, 0) is 31.2 Å². The number of para-hydroxylation sites is 1. The zero-order chi connectivity index (χ0) is 15.7. The van der Waals surface area contributed by atoms with Crippen molar-refractivity contribution in [2.24, 2.45) is 13.0 Å². The molecule has 0 spiro atoms. The van der Waals surface area contributed by atoms with Crippen LogP contribution >= 0.6 is 0 Å². The molecule has 1 aromatic carbocycles. The Hall–Kier alpha value is -2.28. The lowest BCUT2D eigenvalue weighted by Gasteiger charge is -2.34. The molecule has 114 valence electrons. The number of nitrogens with one attached hydrogen (secondary N) is 1. The Morgan fingerprint density at radius 1 is 1.45 bits per heavy atom. The van der Waals surface area contributed by atoms with Crippen molar-refractivity contribution in [3.8, 4) is 6.07 Å². The average molecular weight is 295 g/mol. The predicted molar refractivity (Wildman–Crippen MR) is 86.4 cm³/mol. The molecule has 1 heterocycles. The first-order valence-corrected chi connectivity index (χ1v) is 7.82. The number of hydrogen-bond donors (Lipinski definition) is 1. The first kappa shape index (κ1) is 14.6. The largest absolute Gasteiger partial charge is 0.350 e. The molecule has 1 N–H and O–H groups in total. The number of fused-ring (bicyclic) bond motifs is 1. The molecule has 4 nitrogen and oxygen atoms in total. The van der Waals surface area contributed by atoms with Gasteiger partial charge in [0.05, 0.1) is 11.6 Å². The van der Waals surface area contributed by atoms with Crippen molar-refractivity contribution in [2.75, 3.05) is 0 Å². The number of aromatic nitrogens is 1. The molecule has 2 atom stereocenters. The fraction of sp³-hybridized carbons (Fsp3) is 0.444. The molecular weight excluding hydrogens is 274 g/mol. The Balaban J connectivity index is 1.92. The molecule has 1 aliphatic rings. The number of rotatable bonds is 2. The van der Waals surface area contributed by atoms with E-state index in [0.717, 1.165) is 36.6 Å². The molecule has 1 aliphatic carbocycles. The molecule has 4 heteroatoms. The van der Waals surface area contributed by atoms with E-state index in [4.69, 9.17) is 0 Å². The summed E-state index contributed by atoms with van der Waals surface area (Å²) in [6, 6.07) is 10.2. The van der Waals surface area contributed by atoms with E-state index in [1.54, 1.807) is 0 Å². The highest BCUT2D eigenvalue weighted by Gasteiger charge is 2.37. The van der Waals surface area contributed by atoms with Gasteiger partial charge in [0.25, 0.3) is 5.91 Å². The third-order valence-electron chi connectivity index (χ3n) is 4.71. The van der Waals surface area contributed by atoms with Crippen molar-refractivity contribution in [3.05, 3.63) is 36.0 Å². The van der Waals surface area contributed by atoms with Crippen molar-refractivity contribution in [1.29, 1.82) is 5.26 Å². The lowest BCUT2D eigenvalue weighted by Crippen LogP contribution is -2.50. The third kappa shape index (κ3) is 2.48. The molecule has 0 aliphatic heterocycles. The molecule has 0 saturated heterocycles. The van der Waals surface area contributed by atoms with Crippen LogP contribution in [-0.4, -0.2) is 16.0 Å². The Morgan fingerprint density at radius 2 is 2.23 bits per heavy atom. The number of hydrogen-bond acceptors (Lipinski definition) is 2.